The Labute approximate surface area is 105 Å². The van der Waals surface area contributed by atoms with Crippen molar-refractivity contribution in [3.8, 4) is 6.07 Å². The van der Waals surface area contributed by atoms with Crippen LogP contribution in [0.1, 0.15) is 35.2 Å². The van der Waals surface area contributed by atoms with Crippen molar-refractivity contribution in [3.05, 3.63) is 47.3 Å². The Hall–Kier alpha value is -2.15. The molecule has 0 heterocycles. The van der Waals surface area contributed by atoms with Crippen LogP contribution in [0, 0.1) is 17.1 Å². The summed E-state index contributed by atoms with van der Waals surface area (Å²) in [6, 6.07) is 5.66. The first-order chi connectivity index (χ1) is 8.70. The molecule has 0 spiro atoms. The zero-order valence-corrected chi connectivity index (χ0v) is 9.82. The molecule has 0 saturated heterocycles. The first-order valence-corrected chi connectivity index (χ1v) is 5.88. The lowest BCUT2D eigenvalue weighted by Crippen LogP contribution is -2.34. The number of carbonyl (C=O) groups excluding carboxylic acids is 1. The number of allylic oxidation sites excluding steroid dienone is 1. The molecule has 0 saturated carbocycles. The van der Waals surface area contributed by atoms with Gasteiger partial charge in [-0.05, 0) is 37.5 Å². The molecule has 0 radical (unpaired) electrons. The van der Waals surface area contributed by atoms with Gasteiger partial charge < -0.3 is 5.32 Å². The van der Waals surface area contributed by atoms with Crippen molar-refractivity contribution in [2.24, 2.45) is 0 Å². The SMILES string of the molecule is N#Cc1ccc(C(=O)NC2C=CCCC2)c(F)c1. The Morgan fingerprint density at radius 2 is 2.33 bits per heavy atom. The highest BCUT2D eigenvalue weighted by Crippen LogP contribution is 2.13. The van der Waals surface area contributed by atoms with Crippen LogP contribution in [0.4, 0.5) is 4.39 Å². The van der Waals surface area contributed by atoms with Crippen molar-refractivity contribution in [3.63, 3.8) is 0 Å². The van der Waals surface area contributed by atoms with E-state index in [0.29, 0.717) is 0 Å². The number of nitriles is 1. The van der Waals surface area contributed by atoms with Gasteiger partial charge in [0.2, 0.25) is 0 Å². The molecular formula is C14H13FN2O. The maximum Gasteiger partial charge on any atom is 0.254 e. The van der Waals surface area contributed by atoms with Crippen LogP contribution in [0.5, 0.6) is 0 Å². The maximum absolute atomic E-state index is 13.6. The van der Waals surface area contributed by atoms with E-state index in [4.69, 9.17) is 5.26 Å². The van der Waals surface area contributed by atoms with E-state index in [9.17, 15) is 9.18 Å². The number of nitrogens with one attached hydrogen (secondary N) is 1. The van der Waals surface area contributed by atoms with E-state index in [1.54, 1.807) is 0 Å². The highest BCUT2D eigenvalue weighted by molar-refractivity contribution is 5.94. The van der Waals surface area contributed by atoms with Gasteiger partial charge in [-0.1, -0.05) is 12.2 Å². The van der Waals surface area contributed by atoms with E-state index in [1.165, 1.54) is 12.1 Å². The molecule has 3 nitrogen and oxygen atoms in total. The molecule has 4 heteroatoms. The molecule has 1 atom stereocenters. The van der Waals surface area contributed by atoms with Gasteiger partial charge in [0, 0.05) is 6.04 Å². The quantitative estimate of drug-likeness (QED) is 0.813. The average molecular weight is 244 g/mol. The number of hydrogen-bond acceptors (Lipinski definition) is 2. The zero-order valence-electron chi connectivity index (χ0n) is 9.82. The van der Waals surface area contributed by atoms with Gasteiger partial charge in [-0.25, -0.2) is 4.39 Å². The molecule has 0 bridgehead atoms. The fourth-order valence-electron chi connectivity index (χ4n) is 1.95. The van der Waals surface area contributed by atoms with E-state index in [1.807, 2.05) is 18.2 Å². The molecule has 1 aliphatic rings. The first-order valence-electron chi connectivity index (χ1n) is 5.88. The minimum absolute atomic E-state index is 0.0204. The molecule has 18 heavy (non-hydrogen) atoms. The van der Waals surface area contributed by atoms with Gasteiger partial charge in [0.05, 0.1) is 17.2 Å². The number of nitrogens with zero attached hydrogens (tertiary/aromatic N) is 1. The molecule has 1 amide bonds. The number of amides is 1. The lowest BCUT2D eigenvalue weighted by Gasteiger charge is -2.18. The lowest BCUT2D eigenvalue weighted by atomic mass is 10.0. The summed E-state index contributed by atoms with van der Waals surface area (Å²) < 4.78 is 13.6. The van der Waals surface area contributed by atoms with Crippen molar-refractivity contribution < 1.29 is 9.18 Å². The summed E-state index contributed by atoms with van der Waals surface area (Å²) in [6.45, 7) is 0. The molecule has 1 aromatic rings. The Kier molecular flexibility index (Phi) is 3.73. The molecule has 0 aliphatic heterocycles. The molecule has 1 aliphatic carbocycles. The number of benzene rings is 1. The largest absolute Gasteiger partial charge is 0.346 e. The molecular weight excluding hydrogens is 231 g/mol. The smallest absolute Gasteiger partial charge is 0.254 e. The van der Waals surface area contributed by atoms with Crippen LogP contribution >= 0.6 is 0 Å². The first kappa shape index (κ1) is 12.3. The number of carbonyl (C=O) groups is 1. The van der Waals surface area contributed by atoms with Crippen molar-refractivity contribution in [1.82, 2.24) is 5.32 Å². The highest BCUT2D eigenvalue weighted by atomic mass is 19.1. The minimum Gasteiger partial charge on any atom is -0.346 e. The molecule has 0 fully saturated rings. The number of hydrogen-bond donors (Lipinski definition) is 1. The monoisotopic (exact) mass is 244 g/mol. The van der Waals surface area contributed by atoms with Crippen LogP contribution in [0.15, 0.2) is 30.4 Å². The summed E-state index contributed by atoms with van der Waals surface area (Å²) in [6.07, 6.45) is 6.88. The summed E-state index contributed by atoms with van der Waals surface area (Å²) in [5.41, 5.74) is 0.189. The molecule has 92 valence electrons. The minimum atomic E-state index is -0.661. The van der Waals surface area contributed by atoms with Crippen molar-refractivity contribution in [1.29, 1.82) is 5.26 Å². The van der Waals surface area contributed by atoms with E-state index < -0.39 is 11.7 Å². The predicted octanol–water partition coefficient (Wildman–Crippen LogP) is 2.54. The Morgan fingerprint density at radius 3 is 2.94 bits per heavy atom. The summed E-state index contributed by atoms with van der Waals surface area (Å²) in [4.78, 5) is 11.9. The van der Waals surface area contributed by atoms with Gasteiger partial charge >= 0.3 is 0 Å². The predicted molar refractivity (Wildman–Crippen MR) is 65.4 cm³/mol. The summed E-state index contributed by atoms with van der Waals surface area (Å²) in [5.74, 6) is -1.10. The van der Waals surface area contributed by atoms with E-state index in [2.05, 4.69) is 5.32 Å². The zero-order chi connectivity index (χ0) is 13.0. The van der Waals surface area contributed by atoms with Gasteiger partial charge in [0.1, 0.15) is 5.82 Å². The Balaban J connectivity index is 2.11. The Bertz CT molecular complexity index is 531. The third kappa shape index (κ3) is 2.75. The number of halogens is 1. The fourth-order valence-corrected chi connectivity index (χ4v) is 1.95. The van der Waals surface area contributed by atoms with Gasteiger partial charge in [-0.15, -0.1) is 0 Å². The third-order valence-corrected chi connectivity index (χ3v) is 2.91. The second-order valence-corrected chi connectivity index (χ2v) is 4.25. The van der Waals surface area contributed by atoms with E-state index in [0.717, 1.165) is 25.3 Å². The lowest BCUT2D eigenvalue weighted by molar-refractivity contribution is 0.0938. The van der Waals surface area contributed by atoms with Crippen LogP contribution in [-0.2, 0) is 0 Å². The van der Waals surface area contributed by atoms with Crippen LogP contribution in [0.2, 0.25) is 0 Å². The topological polar surface area (TPSA) is 52.9 Å². The third-order valence-electron chi connectivity index (χ3n) is 2.91. The molecule has 1 unspecified atom stereocenters. The number of rotatable bonds is 2. The Morgan fingerprint density at radius 1 is 1.50 bits per heavy atom. The van der Waals surface area contributed by atoms with Gasteiger partial charge in [0.15, 0.2) is 0 Å². The van der Waals surface area contributed by atoms with Crippen LogP contribution in [0.25, 0.3) is 0 Å². The van der Waals surface area contributed by atoms with Gasteiger partial charge in [-0.2, -0.15) is 5.26 Å². The molecule has 1 aromatic carbocycles. The van der Waals surface area contributed by atoms with E-state index in [-0.39, 0.29) is 17.2 Å². The highest BCUT2D eigenvalue weighted by Gasteiger charge is 2.16. The van der Waals surface area contributed by atoms with Crippen LogP contribution in [-0.4, -0.2) is 11.9 Å². The maximum atomic E-state index is 13.6. The van der Waals surface area contributed by atoms with Gasteiger partial charge in [-0.3, -0.25) is 4.79 Å². The van der Waals surface area contributed by atoms with E-state index >= 15 is 0 Å². The molecule has 2 rings (SSSR count). The normalized spacial score (nSPS) is 18.1. The second kappa shape index (κ2) is 5.46. The standard InChI is InChI=1S/C14H13FN2O/c15-13-8-10(9-16)6-7-12(13)14(18)17-11-4-2-1-3-5-11/h2,4,6-8,11H,1,3,5H2,(H,17,18). The van der Waals surface area contributed by atoms with Gasteiger partial charge in [0.25, 0.3) is 5.91 Å². The fraction of sp³-hybridized carbons (Fsp3) is 0.286. The average Bonchev–Trinajstić information content (AvgIpc) is 2.39. The van der Waals surface area contributed by atoms with Crippen LogP contribution < -0.4 is 5.32 Å². The summed E-state index contributed by atoms with van der Waals surface area (Å²) in [7, 11) is 0. The van der Waals surface area contributed by atoms with Crippen molar-refractivity contribution >= 4 is 5.91 Å². The van der Waals surface area contributed by atoms with Crippen molar-refractivity contribution in [2.45, 2.75) is 25.3 Å². The summed E-state index contributed by atoms with van der Waals surface area (Å²) >= 11 is 0. The molecule has 1 N–H and O–H groups in total. The molecule has 0 aromatic heterocycles. The van der Waals surface area contributed by atoms with Crippen molar-refractivity contribution in [2.75, 3.05) is 0 Å². The summed E-state index contributed by atoms with van der Waals surface area (Å²) in [5, 5.41) is 11.4. The second-order valence-electron chi connectivity index (χ2n) is 4.25. The van der Waals surface area contributed by atoms with Crippen LogP contribution in [0.3, 0.4) is 0 Å².